The third kappa shape index (κ3) is 5.69. The molecule has 2 aliphatic rings. The van der Waals surface area contributed by atoms with E-state index >= 15 is 0 Å². The number of nitrogens with zero attached hydrogens (tertiary/aromatic N) is 4. The summed E-state index contributed by atoms with van der Waals surface area (Å²) >= 11 is 1.39. The molecule has 2 aliphatic heterocycles. The Kier molecular flexibility index (Phi) is 7.84. The van der Waals surface area contributed by atoms with Crippen molar-refractivity contribution in [3.63, 3.8) is 0 Å². The van der Waals surface area contributed by atoms with Crippen LogP contribution in [0.3, 0.4) is 0 Å². The number of carbonyl (C=O) groups excluding carboxylic acids is 2. The second-order valence-electron chi connectivity index (χ2n) is 7.09. The van der Waals surface area contributed by atoms with Gasteiger partial charge in [-0.3, -0.25) is 19.3 Å². The van der Waals surface area contributed by atoms with Crippen LogP contribution in [-0.4, -0.2) is 82.4 Å². The molecule has 0 aliphatic carbocycles. The van der Waals surface area contributed by atoms with Gasteiger partial charge in [-0.15, -0.1) is 10.2 Å². The first-order valence-corrected chi connectivity index (χ1v) is 10.0. The molecule has 0 aromatic carbocycles. The predicted octanol–water partition coefficient (Wildman–Crippen LogP) is -0.273. The van der Waals surface area contributed by atoms with Crippen LogP contribution in [0.4, 0.5) is 5.13 Å². The summed E-state index contributed by atoms with van der Waals surface area (Å²) in [7, 11) is 2.02. The van der Waals surface area contributed by atoms with E-state index in [0.717, 1.165) is 24.5 Å². The smallest absolute Gasteiger partial charge is 0.290 e. The van der Waals surface area contributed by atoms with E-state index in [-0.39, 0.29) is 31.3 Å². The van der Waals surface area contributed by atoms with Crippen LogP contribution in [0, 0.1) is 5.92 Å². The summed E-state index contributed by atoms with van der Waals surface area (Å²) in [6.45, 7) is 3.94. The SMILES string of the molecule is CCc1nnc(N2CC(C(=O)NCC3(O)CCN(C)CC3)CC2=O)s1.O=CO. The quantitative estimate of drug-likeness (QED) is 0.561. The molecule has 3 rings (SSSR count). The highest BCUT2D eigenvalue weighted by molar-refractivity contribution is 7.15. The summed E-state index contributed by atoms with van der Waals surface area (Å²) in [6, 6.07) is 0. The molecule has 1 aromatic rings. The fourth-order valence-electron chi connectivity index (χ4n) is 3.17. The number of aryl methyl sites for hydroxylation is 1. The molecule has 156 valence electrons. The number of piperidine rings is 1. The number of nitrogens with one attached hydrogen (secondary N) is 1. The third-order valence-electron chi connectivity index (χ3n) is 4.99. The van der Waals surface area contributed by atoms with E-state index in [1.807, 2.05) is 14.0 Å². The average molecular weight is 414 g/mol. The van der Waals surface area contributed by atoms with Crippen molar-refractivity contribution in [3.05, 3.63) is 5.01 Å². The molecule has 11 heteroatoms. The van der Waals surface area contributed by atoms with Crippen molar-refractivity contribution < 1.29 is 24.6 Å². The molecule has 0 saturated carbocycles. The zero-order valence-electron chi connectivity index (χ0n) is 16.1. The van der Waals surface area contributed by atoms with E-state index in [9.17, 15) is 14.7 Å². The minimum absolute atomic E-state index is 0.100. The first-order chi connectivity index (χ1) is 13.3. The van der Waals surface area contributed by atoms with Crippen molar-refractivity contribution in [1.82, 2.24) is 20.4 Å². The van der Waals surface area contributed by atoms with Crippen LogP contribution in [-0.2, 0) is 20.8 Å². The molecular weight excluding hydrogens is 386 g/mol. The van der Waals surface area contributed by atoms with E-state index < -0.39 is 11.5 Å². The predicted molar refractivity (Wildman–Crippen MR) is 103 cm³/mol. The number of carboxylic acid groups (broad SMARTS) is 1. The van der Waals surface area contributed by atoms with Crippen LogP contribution in [0.25, 0.3) is 0 Å². The molecular formula is C17H27N5O5S. The van der Waals surface area contributed by atoms with Crippen molar-refractivity contribution in [1.29, 1.82) is 0 Å². The molecule has 2 amide bonds. The molecule has 10 nitrogen and oxygen atoms in total. The van der Waals surface area contributed by atoms with Gasteiger partial charge in [0, 0.05) is 32.6 Å². The molecule has 0 bridgehead atoms. The Labute approximate surface area is 167 Å². The number of aromatic nitrogens is 2. The Morgan fingerprint density at radius 2 is 2.04 bits per heavy atom. The zero-order valence-corrected chi connectivity index (χ0v) is 16.9. The van der Waals surface area contributed by atoms with Gasteiger partial charge in [0.1, 0.15) is 5.01 Å². The first-order valence-electron chi connectivity index (χ1n) is 9.21. The first kappa shape index (κ1) is 22.2. The largest absolute Gasteiger partial charge is 0.483 e. The van der Waals surface area contributed by atoms with Crippen LogP contribution in [0.15, 0.2) is 0 Å². The van der Waals surface area contributed by atoms with E-state index in [1.54, 1.807) is 4.90 Å². The highest BCUT2D eigenvalue weighted by atomic mass is 32.1. The van der Waals surface area contributed by atoms with Gasteiger partial charge in [0.25, 0.3) is 6.47 Å². The van der Waals surface area contributed by atoms with Crippen molar-refractivity contribution in [2.45, 2.75) is 38.2 Å². The summed E-state index contributed by atoms with van der Waals surface area (Å²) in [4.78, 5) is 36.7. The minimum atomic E-state index is -0.847. The summed E-state index contributed by atoms with van der Waals surface area (Å²) in [5, 5.41) is 29.8. The van der Waals surface area contributed by atoms with Gasteiger partial charge in [0.2, 0.25) is 16.9 Å². The summed E-state index contributed by atoms with van der Waals surface area (Å²) in [6.07, 6.45) is 2.24. The third-order valence-corrected chi connectivity index (χ3v) is 6.09. The number of anilines is 1. The van der Waals surface area contributed by atoms with Crippen LogP contribution in [0.2, 0.25) is 0 Å². The van der Waals surface area contributed by atoms with E-state index in [4.69, 9.17) is 9.90 Å². The molecule has 1 aromatic heterocycles. The molecule has 3 heterocycles. The Morgan fingerprint density at radius 3 is 2.61 bits per heavy atom. The lowest BCUT2D eigenvalue weighted by Crippen LogP contribution is -2.51. The van der Waals surface area contributed by atoms with Gasteiger partial charge < -0.3 is 20.4 Å². The molecule has 3 N–H and O–H groups in total. The van der Waals surface area contributed by atoms with Crippen molar-refractivity contribution in [2.75, 3.05) is 38.1 Å². The number of carbonyl (C=O) groups is 3. The average Bonchev–Trinajstić information content (AvgIpc) is 3.29. The van der Waals surface area contributed by atoms with E-state index in [2.05, 4.69) is 20.4 Å². The summed E-state index contributed by atoms with van der Waals surface area (Å²) in [5.74, 6) is -0.684. The number of likely N-dealkylation sites (tertiary alicyclic amines) is 1. The van der Waals surface area contributed by atoms with Gasteiger partial charge in [-0.1, -0.05) is 18.3 Å². The van der Waals surface area contributed by atoms with E-state index in [1.165, 1.54) is 11.3 Å². The number of aliphatic hydroxyl groups is 1. The minimum Gasteiger partial charge on any atom is -0.483 e. The Balaban J connectivity index is 0.000000878. The topological polar surface area (TPSA) is 136 Å². The highest BCUT2D eigenvalue weighted by Gasteiger charge is 2.38. The maximum Gasteiger partial charge on any atom is 0.290 e. The number of hydrogen-bond acceptors (Lipinski definition) is 8. The van der Waals surface area contributed by atoms with Gasteiger partial charge in [0.05, 0.1) is 11.5 Å². The van der Waals surface area contributed by atoms with Gasteiger partial charge in [-0.05, 0) is 26.3 Å². The van der Waals surface area contributed by atoms with Crippen molar-refractivity contribution >= 4 is 34.8 Å². The second-order valence-corrected chi connectivity index (χ2v) is 8.13. The molecule has 0 radical (unpaired) electrons. The second kappa shape index (κ2) is 9.89. The number of hydrogen-bond donors (Lipinski definition) is 3. The Bertz CT molecular complexity index is 689. The molecule has 0 spiro atoms. The number of amides is 2. The molecule has 1 atom stereocenters. The Hall–Kier alpha value is -2.11. The van der Waals surface area contributed by atoms with Crippen LogP contribution in [0.1, 0.15) is 31.2 Å². The van der Waals surface area contributed by atoms with Crippen LogP contribution in [0.5, 0.6) is 0 Å². The number of rotatable bonds is 5. The van der Waals surface area contributed by atoms with E-state index in [0.29, 0.717) is 24.5 Å². The lowest BCUT2D eigenvalue weighted by Gasteiger charge is -2.36. The summed E-state index contributed by atoms with van der Waals surface area (Å²) < 4.78 is 0. The zero-order chi connectivity index (χ0) is 20.7. The Morgan fingerprint density at radius 1 is 1.39 bits per heavy atom. The lowest BCUT2D eigenvalue weighted by atomic mass is 9.91. The molecule has 2 fully saturated rings. The van der Waals surface area contributed by atoms with Gasteiger partial charge in [-0.25, -0.2) is 0 Å². The maximum atomic E-state index is 12.4. The van der Waals surface area contributed by atoms with Crippen LogP contribution < -0.4 is 10.2 Å². The highest BCUT2D eigenvalue weighted by Crippen LogP contribution is 2.28. The van der Waals surface area contributed by atoms with Crippen LogP contribution >= 0.6 is 11.3 Å². The maximum absolute atomic E-state index is 12.4. The lowest BCUT2D eigenvalue weighted by molar-refractivity contribution is -0.127. The van der Waals surface area contributed by atoms with Crippen molar-refractivity contribution in [3.8, 4) is 0 Å². The molecule has 28 heavy (non-hydrogen) atoms. The normalized spacial score (nSPS) is 21.8. The van der Waals surface area contributed by atoms with Crippen molar-refractivity contribution in [2.24, 2.45) is 5.92 Å². The van der Waals surface area contributed by atoms with Gasteiger partial charge in [-0.2, -0.15) is 0 Å². The monoisotopic (exact) mass is 413 g/mol. The molecule has 1 unspecified atom stereocenters. The van der Waals surface area contributed by atoms with Gasteiger partial charge >= 0.3 is 0 Å². The summed E-state index contributed by atoms with van der Waals surface area (Å²) in [5.41, 5.74) is -0.847. The fourth-order valence-corrected chi connectivity index (χ4v) is 3.98. The van der Waals surface area contributed by atoms with Gasteiger partial charge in [0.15, 0.2) is 0 Å². The fraction of sp³-hybridized carbons (Fsp3) is 0.706. The standard InChI is InChI=1S/C16H25N5O3S.CH2O2/c1-3-12-18-19-15(25-12)21-9-11(8-13(21)22)14(23)17-10-16(24)4-6-20(2)7-5-16;2-1-3/h11,24H,3-10H2,1-2H3,(H,17,23);1H,(H,2,3). The molecule has 2 saturated heterocycles.